The number of aliphatic hydroxyl groups excluding tert-OH is 1. The summed E-state index contributed by atoms with van der Waals surface area (Å²) < 4.78 is 22.7. The number of aliphatic hydroxyl groups is 1. The minimum Gasteiger partial charge on any atom is -0.491 e. The number of nitrogens with one attached hydrogen (secondary N) is 1. The summed E-state index contributed by atoms with van der Waals surface area (Å²) in [6.45, 7) is 4.13. The molecule has 0 fully saturated rings. The Kier molecular flexibility index (Phi) is 9.79. The van der Waals surface area contributed by atoms with Crippen LogP contribution in [-0.4, -0.2) is 55.4 Å². The second-order valence-corrected chi connectivity index (χ2v) is 8.42. The third kappa shape index (κ3) is 7.71. The molecule has 2 aromatic carbocycles. The topological polar surface area (TPSA) is 103 Å². The van der Waals surface area contributed by atoms with Crippen LogP contribution in [0, 0.1) is 0 Å². The zero-order valence-corrected chi connectivity index (χ0v) is 20.8. The van der Waals surface area contributed by atoms with Crippen molar-refractivity contribution >= 4 is 11.0 Å². The fourth-order valence-corrected chi connectivity index (χ4v) is 3.93. The Morgan fingerprint density at radius 1 is 1.00 bits per heavy atom. The molecule has 4 rings (SSSR count). The van der Waals surface area contributed by atoms with Crippen LogP contribution < -0.4 is 15.5 Å². The molecule has 0 radical (unpaired) electrons. The number of aromatic nitrogens is 1. The quantitative estimate of drug-likeness (QED) is 0.197. The Hall–Kier alpha value is -3.56. The van der Waals surface area contributed by atoms with Gasteiger partial charge in [-0.15, -0.1) is 0 Å². The highest BCUT2D eigenvalue weighted by atomic mass is 16.6. The molecule has 2 atom stereocenters. The van der Waals surface area contributed by atoms with Crippen molar-refractivity contribution in [3.8, 4) is 17.1 Å². The zero-order chi connectivity index (χ0) is 25.9. The van der Waals surface area contributed by atoms with Crippen LogP contribution in [-0.2, 0) is 15.9 Å². The molecule has 2 N–H and O–H groups in total. The lowest BCUT2D eigenvalue weighted by Crippen LogP contribution is -2.44. The molecule has 8 nitrogen and oxygen atoms in total. The highest BCUT2D eigenvalue weighted by molar-refractivity contribution is 5.78. The lowest BCUT2D eigenvalue weighted by atomic mass is 10.1. The summed E-state index contributed by atoms with van der Waals surface area (Å²) in [5.41, 5.74) is 2.36. The third-order valence-electron chi connectivity index (χ3n) is 5.81. The van der Waals surface area contributed by atoms with E-state index >= 15 is 0 Å². The minimum absolute atomic E-state index is 0.0695. The summed E-state index contributed by atoms with van der Waals surface area (Å²) in [6, 6.07) is 19.7. The lowest BCUT2D eigenvalue weighted by Gasteiger charge is -2.24. The van der Waals surface area contributed by atoms with Crippen LogP contribution in [0.5, 0.6) is 5.75 Å². The first kappa shape index (κ1) is 26.5. The van der Waals surface area contributed by atoms with E-state index in [2.05, 4.69) is 10.3 Å². The van der Waals surface area contributed by atoms with Gasteiger partial charge in [0.1, 0.15) is 23.7 Å². The summed E-state index contributed by atoms with van der Waals surface area (Å²) in [4.78, 5) is 16.4. The first-order valence-electron chi connectivity index (χ1n) is 12.4. The molecule has 0 amide bonds. The molecule has 0 saturated carbocycles. The average Bonchev–Trinajstić information content (AvgIpc) is 2.93. The third-order valence-corrected chi connectivity index (χ3v) is 5.81. The van der Waals surface area contributed by atoms with E-state index in [4.69, 9.17) is 18.6 Å². The predicted molar refractivity (Wildman–Crippen MR) is 142 cm³/mol. The van der Waals surface area contributed by atoms with Crippen LogP contribution in [0.4, 0.5) is 0 Å². The van der Waals surface area contributed by atoms with E-state index in [-0.39, 0.29) is 11.5 Å². The van der Waals surface area contributed by atoms with Crippen molar-refractivity contribution in [1.82, 2.24) is 10.3 Å². The van der Waals surface area contributed by atoms with Gasteiger partial charge in [-0.05, 0) is 67.4 Å². The van der Waals surface area contributed by atoms with Crippen molar-refractivity contribution in [2.24, 2.45) is 0 Å². The number of nitrogens with zero attached hydrogens (tertiary/aromatic N) is 1. The monoisotopic (exact) mass is 504 g/mol. The van der Waals surface area contributed by atoms with Crippen molar-refractivity contribution in [3.63, 3.8) is 0 Å². The molecular formula is C29H32N2O6. The Morgan fingerprint density at radius 3 is 2.57 bits per heavy atom. The minimum atomic E-state index is -0.910. The molecule has 2 heterocycles. The maximum absolute atomic E-state index is 12.3. The summed E-state index contributed by atoms with van der Waals surface area (Å²) in [5.74, 6) is 1.22. The van der Waals surface area contributed by atoms with E-state index < -0.39 is 6.29 Å². The molecule has 2 unspecified atom stereocenters. The molecule has 0 spiro atoms. The fraction of sp³-hybridized carbons (Fsp3) is 0.310. The number of para-hydroxylation sites is 1. The van der Waals surface area contributed by atoms with E-state index in [1.807, 2.05) is 55.5 Å². The van der Waals surface area contributed by atoms with E-state index in [0.717, 1.165) is 11.1 Å². The zero-order valence-electron chi connectivity index (χ0n) is 20.8. The van der Waals surface area contributed by atoms with Crippen LogP contribution in [0.3, 0.4) is 0 Å². The Bertz CT molecular complexity index is 1290. The molecule has 4 aromatic rings. The number of pyridine rings is 1. The largest absolute Gasteiger partial charge is 0.491 e. The number of rotatable bonds is 14. The van der Waals surface area contributed by atoms with Gasteiger partial charge in [-0.2, -0.15) is 0 Å². The molecule has 8 heteroatoms. The van der Waals surface area contributed by atoms with E-state index in [0.29, 0.717) is 61.9 Å². The van der Waals surface area contributed by atoms with Gasteiger partial charge in [-0.1, -0.05) is 12.1 Å². The molecule has 0 aliphatic heterocycles. The molecule has 194 valence electrons. The van der Waals surface area contributed by atoms with Gasteiger partial charge in [0, 0.05) is 37.2 Å². The van der Waals surface area contributed by atoms with Gasteiger partial charge < -0.3 is 29.1 Å². The maximum Gasteiger partial charge on any atom is 0.193 e. The van der Waals surface area contributed by atoms with Gasteiger partial charge in [0.2, 0.25) is 0 Å². The second kappa shape index (κ2) is 13.7. The lowest BCUT2D eigenvalue weighted by molar-refractivity contribution is -0.116. The van der Waals surface area contributed by atoms with Crippen LogP contribution in [0.1, 0.15) is 12.5 Å². The molecule has 0 aliphatic rings. The number of hydrogen-bond donors (Lipinski definition) is 2. The molecule has 0 saturated heterocycles. The van der Waals surface area contributed by atoms with Crippen molar-refractivity contribution in [3.05, 3.63) is 94.9 Å². The summed E-state index contributed by atoms with van der Waals surface area (Å²) in [5, 5.41) is 14.2. The van der Waals surface area contributed by atoms with Crippen molar-refractivity contribution in [2.75, 3.05) is 33.0 Å². The summed E-state index contributed by atoms with van der Waals surface area (Å²) >= 11 is 0. The number of fused-ring (bicyclic) bond motifs is 1. The first-order chi connectivity index (χ1) is 18.1. The molecular weight excluding hydrogens is 472 g/mol. The highest BCUT2D eigenvalue weighted by Crippen LogP contribution is 2.24. The number of ether oxygens (including phenoxy) is 3. The molecule has 0 aliphatic carbocycles. The van der Waals surface area contributed by atoms with Gasteiger partial charge in [0.05, 0.1) is 24.6 Å². The van der Waals surface area contributed by atoms with Gasteiger partial charge in [0.15, 0.2) is 11.7 Å². The summed E-state index contributed by atoms with van der Waals surface area (Å²) in [7, 11) is 0. The molecule has 0 bridgehead atoms. The smallest absolute Gasteiger partial charge is 0.193 e. The van der Waals surface area contributed by atoms with Crippen LogP contribution in [0.2, 0.25) is 0 Å². The maximum atomic E-state index is 12.3. The Labute approximate surface area is 215 Å². The van der Waals surface area contributed by atoms with E-state index in [1.54, 1.807) is 24.5 Å². The van der Waals surface area contributed by atoms with Gasteiger partial charge in [-0.25, -0.2) is 0 Å². The normalized spacial score (nSPS) is 12.9. The van der Waals surface area contributed by atoms with Crippen LogP contribution in [0.25, 0.3) is 22.3 Å². The van der Waals surface area contributed by atoms with E-state index in [1.165, 1.54) is 6.07 Å². The van der Waals surface area contributed by atoms with Gasteiger partial charge >= 0.3 is 0 Å². The Morgan fingerprint density at radius 2 is 1.78 bits per heavy atom. The molecule has 2 aromatic heterocycles. The van der Waals surface area contributed by atoms with Crippen LogP contribution >= 0.6 is 0 Å². The summed E-state index contributed by atoms with van der Waals surface area (Å²) in [6.07, 6.45) is 3.17. The average molecular weight is 505 g/mol. The standard InChI is InChI=1S/C29H32N2O6/c1-2-35-29(33)25(19-21-11-13-30-14-12-21)31-15-16-34-17-18-36-23-9-7-22(8-10-23)28-20-26(32)24-5-3-4-6-27(24)37-28/h3-14,20,25,29,31,33H,2,15-19H2,1H3. The van der Waals surface area contributed by atoms with E-state index in [9.17, 15) is 9.90 Å². The van der Waals surface area contributed by atoms with Gasteiger partial charge in [-0.3, -0.25) is 9.78 Å². The predicted octanol–water partition coefficient (Wildman–Crippen LogP) is 3.81. The number of benzene rings is 2. The van der Waals surface area contributed by atoms with Gasteiger partial charge in [0.25, 0.3) is 0 Å². The second-order valence-electron chi connectivity index (χ2n) is 8.42. The first-order valence-corrected chi connectivity index (χ1v) is 12.4. The SMILES string of the molecule is CCOC(O)C(Cc1ccncc1)NCCOCCOc1ccc(-c2cc(=O)c3ccccc3o2)cc1. The van der Waals surface area contributed by atoms with Crippen LogP contribution in [0.15, 0.2) is 88.3 Å². The highest BCUT2D eigenvalue weighted by Gasteiger charge is 2.19. The molecule has 37 heavy (non-hydrogen) atoms. The van der Waals surface area contributed by atoms with Crippen molar-refractivity contribution < 1.29 is 23.7 Å². The van der Waals surface area contributed by atoms with Crippen molar-refractivity contribution in [2.45, 2.75) is 25.7 Å². The number of hydrogen-bond acceptors (Lipinski definition) is 8. The fourth-order valence-electron chi connectivity index (χ4n) is 3.93. The van der Waals surface area contributed by atoms with Crippen molar-refractivity contribution in [1.29, 1.82) is 0 Å². The Balaban J connectivity index is 1.19.